The maximum Gasteiger partial charge on any atom is 0.149 e. The molecule has 182 valence electrons. The minimum Gasteiger partial charge on any atom is -0.382 e. The SMILES string of the molecule is NC1=NC=CN2C1=C(c1ccc3ccc(-c4ccccc4)nc3c1)NC2C1CC(N2CCSCC2)C1. The molecule has 1 aromatic heterocycles. The Balaban J connectivity index is 1.19. The van der Waals surface area contributed by atoms with Crippen molar-refractivity contribution in [2.45, 2.75) is 25.0 Å². The summed E-state index contributed by atoms with van der Waals surface area (Å²) in [4.78, 5) is 14.4. The molecule has 0 amide bonds. The summed E-state index contributed by atoms with van der Waals surface area (Å²) in [5.41, 5.74) is 12.7. The fraction of sp³-hybridized carbons (Fsp3) is 0.310. The molecule has 2 aromatic carbocycles. The zero-order valence-corrected chi connectivity index (χ0v) is 21.0. The molecule has 1 aliphatic carbocycles. The first-order valence-corrected chi connectivity index (χ1v) is 14.0. The Morgan fingerprint density at radius 3 is 2.58 bits per heavy atom. The van der Waals surface area contributed by atoms with E-state index in [4.69, 9.17) is 10.7 Å². The molecule has 0 bridgehead atoms. The van der Waals surface area contributed by atoms with Crippen LogP contribution in [0.1, 0.15) is 18.4 Å². The highest BCUT2D eigenvalue weighted by molar-refractivity contribution is 7.99. The molecule has 1 atom stereocenters. The predicted octanol–water partition coefficient (Wildman–Crippen LogP) is 4.47. The first-order chi connectivity index (χ1) is 17.7. The standard InChI is InChI=1S/C29H30N6S/c30-28-27-26(21-7-6-20-8-9-24(32-25(20)18-21)19-4-2-1-3-5-19)33-29(35(27)11-10-31-28)22-16-23(17-22)34-12-14-36-15-13-34/h1-11,18,22-23,29,33H,12-17H2,(H2,30,31). The molecule has 1 unspecified atom stereocenters. The van der Waals surface area contributed by atoms with Crippen LogP contribution in [0.2, 0.25) is 0 Å². The molecule has 2 fully saturated rings. The number of nitrogens with one attached hydrogen (secondary N) is 1. The molecule has 1 saturated heterocycles. The Morgan fingerprint density at radius 2 is 1.75 bits per heavy atom. The summed E-state index contributed by atoms with van der Waals surface area (Å²) in [5.74, 6) is 3.68. The number of nitrogens with two attached hydrogens (primary N) is 1. The van der Waals surface area contributed by atoms with E-state index < -0.39 is 0 Å². The summed E-state index contributed by atoms with van der Waals surface area (Å²) in [5, 5.41) is 4.99. The number of benzene rings is 2. The van der Waals surface area contributed by atoms with Gasteiger partial charge in [-0.2, -0.15) is 11.8 Å². The van der Waals surface area contributed by atoms with E-state index in [2.05, 4.69) is 92.7 Å². The first-order valence-electron chi connectivity index (χ1n) is 12.8. The summed E-state index contributed by atoms with van der Waals surface area (Å²) >= 11 is 2.08. The van der Waals surface area contributed by atoms with E-state index in [0.717, 1.165) is 39.1 Å². The zero-order chi connectivity index (χ0) is 24.1. The van der Waals surface area contributed by atoms with Gasteiger partial charge < -0.3 is 16.0 Å². The monoisotopic (exact) mass is 494 g/mol. The second kappa shape index (κ2) is 8.98. The number of aliphatic imine (C=N–C) groups is 1. The number of hydrogen-bond donors (Lipinski definition) is 2. The van der Waals surface area contributed by atoms with E-state index in [1.165, 1.54) is 37.4 Å². The van der Waals surface area contributed by atoms with Crippen molar-refractivity contribution >= 4 is 34.2 Å². The topological polar surface area (TPSA) is 69.8 Å². The van der Waals surface area contributed by atoms with Crippen molar-refractivity contribution in [1.82, 2.24) is 20.1 Å². The summed E-state index contributed by atoms with van der Waals surface area (Å²) in [6.07, 6.45) is 6.56. The van der Waals surface area contributed by atoms with Gasteiger partial charge in [-0.25, -0.2) is 9.98 Å². The van der Waals surface area contributed by atoms with E-state index >= 15 is 0 Å². The highest BCUT2D eigenvalue weighted by Crippen LogP contribution is 2.42. The van der Waals surface area contributed by atoms with Crippen molar-refractivity contribution in [2.24, 2.45) is 16.6 Å². The lowest BCUT2D eigenvalue weighted by molar-refractivity contribution is 0.0451. The normalized spacial score (nSPS) is 25.9. The second-order valence-corrected chi connectivity index (χ2v) is 11.3. The number of thioether (sulfide) groups is 1. The van der Waals surface area contributed by atoms with Gasteiger partial charge >= 0.3 is 0 Å². The van der Waals surface area contributed by atoms with Gasteiger partial charge in [0.2, 0.25) is 0 Å². The minimum absolute atomic E-state index is 0.204. The van der Waals surface area contributed by atoms with Crippen molar-refractivity contribution < 1.29 is 0 Å². The summed E-state index contributed by atoms with van der Waals surface area (Å²) < 4.78 is 0. The molecule has 7 rings (SSSR count). The lowest BCUT2D eigenvalue weighted by Gasteiger charge is -2.48. The lowest BCUT2D eigenvalue weighted by atomic mass is 9.76. The molecule has 3 aliphatic heterocycles. The van der Waals surface area contributed by atoms with E-state index in [-0.39, 0.29) is 6.17 Å². The van der Waals surface area contributed by atoms with Gasteiger partial charge in [-0.3, -0.25) is 4.90 Å². The second-order valence-electron chi connectivity index (χ2n) is 10.0. The molecule has 1 saturated carbocycles. The molecule has 7 heteroatoms. The van der Waals surface area contributed by atoms with Gasteiger partial charge in [-0.15, -0.1) is 0 Å². The van der Waals surface area contributed by atoms with Crippen LogP contribution < -0.4 is 11.1 Å². The molecule has 4 heterocycles. The number of nitrogens with zero attached hydrogens (tertiary/aromatic N) is 4. The summed E-state index contributed by atoms with van der Waals surface area (Å²) in [6.45, 7) is 2.46. The van der Waals surface area contributed by atoms with Crippen LogP contribution in [0.3, 0.4) is 0 Å². The molecule has 3 aromatic rings. The number of aromatic nitrogens is 1. The van der Waals surface area contributed by atoms with Crippen LogP contribution in [0.15, 0.2) is 83.8 Å². The fourth-order valence-corrected chi connectivity index (χ4v) is 6.90. The van der Waals surface area contributed by atoms with E-state index in [1.54, 1.807) is 0 Å². The highest BCUT2D eigenvalue weighted by Gasteiger charge is 2.45. The van der Waals surface area contributed by atoms with Crippen LogP contribution in [0.5, 0.6) is 0 Å². The molecule has 0 radical (unpaired) electrons. The molecule has 0 spiro atoms. The van der Waals surface area contributed by atoms with E-state index in [9.17, 15) is 0 Å². The maximum atomic E-state index is 6.46. The Labute approximate surface area is 216 Å². The van der Waals surface area contributed by atoms with Gasteiger partial charge in [0.05, 0.1) is 16.9 Å². The van der Waals surface area contributed by atoms with Crippen molar-refractivity contribution in [2.75, 3.05) is 24.6 Å². The number of hydrogen-bond acceptors (Lipinski definition) is 7. The van der Waals surface area contributed by atoms with Crippen molar-refractivity contribution in [1.29, 1.82) is 0 Å². The molecule has 3 N–H and O–H groups in total. The molecular formula is C29H30N6S. The average molecular weight is 495 g/mol. The molecule has 36 heavy (non-hydrogen) atoms. The lowest BCUT2D eigenvalue weighted by Crippen LogP contribution is -2.55. The smallest absolute Gasteiger partial charge is 0.149 e. The van der Waals surface area contributed by atoms with Gasteiger partial charge in [0, 0.05) is 65.5 Å². The van der Waals surface area contributed by atoms with Gasteiger partial charge in [0.25, 0.3) is 0 Å². The quantitative estimate of drug-likeness (QED) is 0.558. The van der Waals surface area contributed by atoms with Crippen molar-refractivity contribution in [3.63, 3.8) is 0 Å². The van der Waals surface area contributed by atoms with E-state index in [1.807, 2.05) is 12.3 Å². The number of pyridine rings is 1. The fourth-order valence-electron chi connectivity index (χ4n) is 5.96. The van der Waals surface area contributed by atoms with Crippen LogP contribution >= 0.6 is 11.8 Å². The molecule has 6 nitrogen and oxygen atoms in total. The number of amidine groups is 1. The maximum absolute atomic E-state index is 6.46. The Kier molecular flexibility index (Phi) is 5.47. The summed E-state index contributed by atoms with van der Waals surface area (Å²) in [7, 11) is 0. The first kappa shape index (κ1) is 21.9. The van der Waals surface area contributed by atoms with Crippen LogP contribution in [0.4, 0.5) is 0 Å². The number of fused-ring (bicyclic) bond motifs is 2. The third-order valence-electron chi connectivity index (χ3n) is 7.98. The predicted molar refractivity (Wildman–Crippen MR) is 149 cm³/mol. The van der Waals surface area contributed by atoms with Crippen LogP contribution in [0, 0.1) is 5.92 Å². The molecular weight excluding hydrogens is 464 g/mol. The average Bonchev–Trinajstić information content (AvgIpc) is 3.29. The third-order valence-corrected chi connectivity index (χ3v) is 8.92. The zero-order valence-electron chi connectivity index (χ0n) is 20.2. The van der Waals surface area contributed by atoms with E-state index in [0.29, 0.717) is 17.8 Å². The summed E-state index contributed by atoms with van der Waals surface area (Å²) in [6, 6.07) is 21.8. The molecule has 4 aliphatic rings. The Morgan fingerprint density at radius 1 is 0.944 bits per heavy atom. The van der Waals surface area contributed by atoms with Gasteiger partial charge in [0.15, 0.2) is 0 Å². The Hall–Kier alpha value is -3.29. The Bertz CT molecular complexity index is 1390. The number of rotatable bonds is 4. The van der Waals surface area contributed by atoms with Crippen LogP contribution in [0.25, 0.3) is 27.9 Å². The van der Waals surface area contributed by atoms with Gasteiger partial charge in [-0.05, 0) is 25.0 Å². The highest BCUT2D eigenvalue weighted by atomic mass is 32.2. The third kappa shape index (κ3) is 3.78. The van der Waals surface area contributed by atoms with Crippen LogP contribution in [-0.4, -0.2) is 57.4 Å². The van der Waals surface area contributed by atoms with Gasteiger partial charge in [0.1, 0.15) is 17.7 Å². The van der Waals surface area contributed by atoms with Gasteiger partial charge in [-0.1, -0.05) is 48.5 Å². The largest absolute Gasteiger partial charge is 0.382 e. The minimum atomic E-state index is 0.204. The van der Waals surface area contributed by atoms with Crippen LogP contribution in [-0.2, 0) is 0 Å². The van der Waals surface area contributed by atoms with Crippen molar-refractivity contribution in [3.8, 4) is 11.3 Å². The van der Waals surface area contributed by atoms with Crippen molar-refractivity contribution in [3.05, 3.63) is 84.3 Å².